The average Bonchev–Trinajstić information content (AvgIpc) is 2.79. The molecule has 0 bridgehead atoms. The van der Waals surface area contributed by atoms with E-state index >= 15 is 0 Å². The third-order valence-corrected chi connectivity index (χ3v) is 6.24. The monoisotopic (exact) mass is 424 g/mol. The second kappa shape index (κ2) is 10.0. The van der Waals surface area contributed by atoms with Crippen molar-refractivity contribution in [3.05, 3.63) is 60.0 Å². The van der Waals surface area contributed by atoms with Gasteiger partial charge in [-0.2, -0.15) is 0 Å². The van der Waals surface area contributed by atoms with Crippen LogP contribution in [0.25, 0.3) is 0 Å². The first-order valence-corrected chi connectivity index (χ1v) is 11.1. The number of benzene rings is 1. The van der Waals surface area contributed by atoms with Crippen molar-refractivity contribution in [1.82, 2.24) is 14.8 Å². The molecule has 31 heavy (non-hydrogen) atoms. The molecule has 0 radical (unpaired) electrons. The van der Waals surface area contributed by atoms with Crippen LogP contribution in [0, 0.1) is 17.7 Å². The number of halogens is 1. The number of hydrogen-bond donors (Lipinski definition) is 1. The summed E-state index contributed by atoms with van der Waals surface area (Å²) in [5.74, 6) is 0.379. The van der Waals surface area contributed by atoms with Gasteiger partial charge in [0.15, 0.2) is 0 Å². The van der Waals surface area contributed by atoms with E-state index in [2.05, 4.69) is 15.2 Å². The van der Waals surface area contributed by atoms with E-state index in [0.29, 0.717) is 44.8 Å². The van der Waals surface area contributed by atoms with Crippen LogP contribution in [0.3, 0.4) is 0 Å². The molecule has 7 heteroatoms. The van der Waals surface area contributed by atoms with Crippen molar-refractivity contribution in [2.24, 2.45) is 11.8 Å². The Morgan fingerprint density at radius 3 is 2.61 bits per heavy atom. The summed E-state index contributed by atoms with van der Waals surface area (Å²) in [7, 11) is 0. The number of likely N-dealkylation sites (tertiary alicyclic amines) is 2. The minimum Gasteiger partial charge on any atom is -0.342 e. The molecule has 3 heterocycles. The minimum absolute atomic E-state index is 0.0234. The first kappa shape index (κ1) is 21.4. The zero-order chi connectivity index (χ0) is 21.6. The van der Waals surface area contributed by atoms with Crippen molar-refractivity contribution >= 4 is 17.6 Å². The maximum Gasteiger partial charge on any atom is 0.228 e. The Balaban J connectivity index is 1.26. The molecule has 6 nitrogen and oxygen atoms in total. The number of rotatable bonds is 5. The molecule has 0 spiro atoms. The van der Waals surface area contributed by atoms with Crippen LogP contribution >= 0.6 is 0 Å². The molecule has 1 atom stereocenters. The van der Waals surface area contributed by atoms with Gasteiger partial charge in [0.2, 0.25) is 11.8 Å². The van der Waals surface area contributed by atoms with Crippen molar-refractivity contribution < 1.29 is 14.0 Å². The van der Waals surface area contributed by atoms with Crippen LogP contribution in [0.15, 0.2) is 48.7 Å². The Kier molecular flexibility index (Phi) is 6.92. The van der Waals surface area contributed by atoms with Crippen LogP contribution in [0.5, 0.6) is 0 Å². The van der Waals surface area contributed by atoms with Gasteiger partial charge >= 0.3 is 0 Å². The number of hydrogen-bond acceptors (Lipinski definition) is 4. The van der Waals surface area contributed by atoms with Gasteiger partial charge in [0.05, 0.1) is 5.92 Å². The average molecular weight is 425 g/mol. The maximum absolute atomic E-state index is 13.5. The zero-order valence-corrected chi connectivity index (χ0v) is 17.7. The standard InChI is InChI=1S/C24H29FN4O2/c25-21-7-3-5-18(15-21)16-28-12-4-6-20(17-28)24(31)29-13-9-19(10-14-29)23(30)27-22-8-1-2-11-26-22/h1-3,5,7-8,11,15,19-20H,4,6,9-10,12-14,16-17H2,(H,26,27,30). The highest BCUT2D eigenvalue weighted by Crippen LogP contribution is 2.25. The van der Waals surface area contributed by atoms with Gasteiger partial charge in [-0.3, -0.25) is 14.5 Å². The topological polar surface area (TPSA) is 65.5 Å². The van der Waals surface area contributed by atoms with Gasteiger partial charge in [0.1, 0.15) is 11.6 Å². The molecule has 1 aromatic heterocycles. The Morgan fingerprint density at radius 2 is 1.87 bits per heavy atom. The van der Waals surface area contributed by atoms with E-state index in [1.165, 1.54) is 6.07 Å². The van der Waals surface area contributed by atoms with Crippen LogP contribution in [-0.2, 0) is 16.1 Å². The Hall–Kier alpha value is -2.80. The molecular formula is C24H29FN4O2. The summed E-state index contributed by atoms with van der Waals surface area (Å²) in [6, 6.07) is 12.1. The smallest absolute Gasteiger partial charge is 0.228 e. The molecule has 2 amide bonds. The van der Waals surface area contributed by atoms with Crippen LogP contribution in [-0.4, -0.2) is 52.8 Å². The normalized spacial score (nSPS) is 20.4. The SMILES string of the molecule is O=C(Nc1ccccn1)C1CCN(C(=O)C2CCCN(Cc3cccc(F)c3)C2)CC1. The van der Waals surface area contributed by atoms with E-state index in [4.69, 9.17) is 0 Å². The zero-order valence-electron chi connectivity index (χ0n) is 17.7. The van der Waals surface area contributed by atoms with Crippen molar-refractivity contribution in [1.29, 1.82) is 0 Å². The van der Waals surface area contributed by atoms with Gasteiger partial charge < -0.3 is 10.2 Å². The number of carbonyl (C=O) groups is 2. The van der Waals surface area contributed by atoms with Gasteiger partial charge in [0, 0.05) is 38.3 Å². The highest BCUT2D eigenvalue weighted by Gasteiger charge is 2.33. The Morgan fingerprint density at radius 1 is 1.03 bits per heavy atom. The van der Waals surface area contributed by atoms with Gasteiger partial charge in [-0.1, -0.05) is 18.2 Å². The highest BCUT2D eigenvalue weighted by atomic mass is 19.1. The van der Waals surface area contributed by atoms with Gasteiger partial charge in [0.25, 0.3) is 0 Å². The third-order valence-electron chi connectivity index (χ3n) is 6.24. The first-order valence-electron chi connectivity index (χ1n) is 11.1. The van der Waals surface area contributed by atoms with Gasteiger partial charge in [-0.25, -0.2) is 9.37 Å². The summed E-state index contributed by atoms with van der Waals surface area (Å²) in [6.07, 6.45) is 4.85. The van der Waals surface area contributed by atoms with Crippen LogP contribution in [0.2, 0.25) is 0 Å². The molecule has 0 aliphatic carbocycles. The number of pyridine rings is 1. The molecular weight excluding hydrogens is 395 g/mol. The summed E-state index contributed by atoms with van der Waals surface area (Å²) in [5, 5.41) is 2.87. The van der Waals surface area contributed by atoms with Gasteiger partial charge in [-0.15, -0.1) is 0 Å². The molecule has 164 valence electrons. The van der Waals surface area contributed by atoms with Crippen LogP contribution < -0.4 is 5.32 Å². The molecule has 2 fully saturated rings. The lowest BCUT2D eigenvalue weighted by molar-refractivity contribution is -0.140. The fraction of sp³-hybridized carbons (Fsp3) is 0.458. The number of aromatic nitrogens is 1. The minimum atomic E-state index is -0.225. The molecule has 2 aliphatic heterocycles. The first-order chi connectivity index (χ1) is 15.1. The molecule has 1 aromatic carbocycles. The van der Waals surface area contributed by atoms with Crippen molar-refractivity contribution in [2.45, 2.75) is 32.2 Å². The lowest BCUT2D eigenvalue weighted by atomic mass is 9.92. The third kappa shape index (κ3) is 5.67. The van der Waals surface area contributed by atoms with E-state index < -0.39 is 0 Å². The predicted molar refractivity (Wildman–Crippen MR) is 117 cm³/mol. The number of piperidine rings is 2. The lowest BCUT2D eigenvalue weighted by Gasteiger charge is -2.37. The van der Waals surface area contributed by atoms with E-state index in [9.17, 15) is 14.0 Å². The number of anilines is 1. The molecule has 1 N–H and O–H groups in total. The number of amides is 2. The van der Waals surface area contributed by atoms with Gasteiger partial charge in [-0.05, 0) is 62.1 Å². The predicted octanol–water partition coefficient (Wildman–Crippen LogP) is 3.31. The summed E-state index contributed by atoms with van der Waals surface area (Å²) >= 11 is 0. The summed E-state index contributed by atoms with van der Waals surface area (Å²) < 4.78 is 13.5. The second-order valence-corrected chi connectivity index (χ2v) is 8.51. The quantitative estimate of drug-likeness (QED) is 0.800. The second-order valence-electron chi connectivity index (χ2n) is 8.51. The molecule has 2 aromatic rings. The molecule has 2 saturated heterocycles. The molecule has 2 aliphatic rings. The molecule has 4 rings (SSSR count). The maximum atomic E-state index is 13.5. The van der Waals surface area contributed by atoms with E-state index in [0.717, 1.165) is 24.9 Å². The lowest BCUT2D eigenvalue weighted by Crippen LogP contribution is -2.48. The number of nitrogens with zero attached hydrogens (tertiary/aromatic N) is 3. The number of carbonyl (C=O) groups excluding carboxylic acids is 2. The number of nitrogens with one attached hydrogen (secondary N) is 1. The van der Waals surface area contributed by atoms with E-state index in [1.54, 1.807) is 24.4 Å². The highest BCUT2D eigenvalue weighted by molar-refractivity contribution is 5.91. The van der Waals surface area contributed by atoms with Crippen LogP contribution in [0.4, 0.5) is 10.2 Å². The van der Waals surface area contributed by atoms with Crippen molar-refractivity contribution in [3.8, 4) is 0 Å². The fourth-order valence-corrected chi connectivity index (χ4v) is 4.58. The van der Waals surface area contributed by atoms with Crippen LogP contribution in [0.1, 0.15) is 31.2 Å². The largest absolute Gasteiger partial charge is 0.342 e. The summed E-state index contributed by atoms with van der Waals surface area (Å²) in [5.41, 5.74) is 0.938. The van der Waals surface area contributed by atoms with E-state index in [-0.39, 0.29) is 29.5 Å². The summed E-state index contributed by atoms with van der Waals surface area (Å²) in [6.45, 7) is 3.52. The van der Waals surface area contributed by atoms with E-state index in [1.807, 2.05) is 23.1 Å². The Bertz CT molecular complexity index is 899. The Labute approximate surface area is 182 Å². The molecule has 1 unspecified atom stereocenters. The van der Waals surface area contributed by atoms with Crippen molar-refractivity contribution in [3.63, 3.8) is 0 Å². The fourth-order valence-electron chi connectivity index (χ4n) is 4.58. The summed E-state index contributed by atoms with van der Waals surface area (Å²) in [4.78, 5) is 33.9. The molecule has 0 saturated carbocycles. The van der Waals surface area contributed by atoms with Crippen molar-refractivity contribution in [2.75, 3.05) is 31.5 Å².